The van der Waals surface area contributed by atoms with Gasteiger partial charge in [0, 0.05) is 6.54 Å². The molecule has 0 aliphatic carbocycles. The van der Waals surface area contributed by atoms with Crippen molar-refractivity contribution < 1.29 is 9.47 Å². The van der Waals surface area contributed by atoms with Crippen LogP contribution in [0.3, 0.4) is 0 Å². The first-order chi connectivity index (χ1) is 11.3. The molecule has 0 unspecified atom stereocenters. The van der Waals surface area contributed by atoms with E-state index in [1.165, 1.54) is 0 Å². The fourth-order valence-electron chi connectivity index (χ4n) is 2.49. The summed E-state index contributed by atoms with van der Waals surface area (Å²) in [6.07, 6.45) is 2.05. The van der Waals surface area contributed by atoms with E-state index in [0.29, 0.717) is 13.2 Å². The van der Waals surface area contributed by atoms with Crippen LogP contribution < -0.4 is 4.74 Å². The van der Waals surface area contributed by atoms with Gasteiger partial charge < -0.3 is 14.0 Å². The molecule has 0 bridgehead atoms. The summed E-state index contributed by atoms with van der Waals surface area (Å²) < 4.78 is 13.2. The number of ether oxygens (including phenoxy) is 2. The minimum Gasteiger partial charge on any atom is -0.497 e. The van der Waals surface area contributed by atoms with Crippen LogP contribution in [-0.4, -0.2) is 29.5 Å². The highest BCUT2D eigenvalue weighted by atomic mass is 32.2. The topological polar surface area (TPSA) is 36.3 Å². The van der Waals surface area contributed by atoms with E-state index in [1.54, 1.807) is 18.9 Å². The maximum absolute atomic E-state index is 5.82. The van der Waals surface area contributed by atoms with E-state index >= 15 is 0 Å². The van der Waals surface area contributed by atoms with Gasteiger partial charge in [0.1, 0.15) is 5.75 Å². The Hall–Kier alpha value is -1.98. The van der Waals surface area contributed by atoms with Crippen molar-refractivity contribution >= 4 is 22.8 Å². The van der Waals surface area contributed by atoms with Gasteiger partial charge in [-0.05, 0) is 36.1 Å². The first-order valence-electron chi connectivity index (χ1n) is 7.52. The zero-order chi connectivity index (χ0) is 16.1. The van der Waals surface area contributed by atoms with E-state index in [1.807, 2.05) is 42.5 Å². The molecule has 0 N–H and O–H groups in total. The number of hydrogen-bond acceptors (Lipinski definition) is 4. The van der Waals surface area contributed by atoms with Gasteiger partial charge in [-0.1, -0.05) is 36.0 Å². The van der Waals surface area contributed by atoms with Crippen LogP contribution >= 0.6 is 11.8 Å². The van der Waals surface area contributed by atoms with Gasteiger partial charge in [-0.25, -0.2) is 4.98 Å². The second kappa shape index (κ2) is 7.53. The van der Waals surface area contributed by atoms with Gasteiger partial charge >= 0.3 is 0 Å². The standard InChI is InChI=1S/C18H20N2O2S/c1-21-15-9-7-14(8-10-15)13-22-12-11-20-17-6-4-3-5-16(17)19-18(20)23-2/h3-10H,11-13H2,1-2H3. The molecule has 3 aromatic rings. The highest BCUT2D eigenvalue weighted by Gasteiger charge is 2.08. The molecule has 5 heteroatoms. The number of hydrogen-bond donors (Lipinski definition) is 0. The van der Waals surface area contributed by atoms with Crippen LogP contribution in [0.1, 0.15) is 5.56 Å². The summed E-state index contributed by atoms with van der Waals surface area (Å²) in [4.78, 5) is 4.64. The smallest absolute Gasteiger partial charge is 0.168 e. The highest BCUT2D eigenvalue weighted by Crippen LogP contribution is 2.22. The maximum Gasteiger partial charge on any atom is 0.168 e. The summed E-state index contributed by atoms with van der Waals surface area (Å²) in [6, 6.07) is 16.2. The van der Waals surface area contributed by atoms with Gasteiger partial charge in [0.2, 0.25) is 0 Å². The predicted octanol–water partition coefficient (Wildman–Crippen LogP) is 3.98. The molecule has 120 valence electrons. The Morgan fingerprint density at radius 3 is 2.61 bits per heavy atom. The molecule has 1 aromatic heterocycles. The Morgan fingerprint density at radius 1 is 1.09 bits per heavy atom. The molecule has 4 nitrogen and oxygen atoms in total. The zero-order valence-corrected chi connectivity index (χ0v) is 14.2. The Balaban J connectivity index is 1.60. The monoisotopic (exact) mass is 328 g/mol. The fourth-order valence-corrected chi connectivity index (χ4v) is 3.09. The predicted molar refractivity (Wildman–Crippen MR) is 94.2 cm³/mol. The molecular weight excluding hydrogens is 308 g/mol. The largest absolute Gasteiger partial charge is 0.497 e. The number of thioether (sulfide) groups is 1. The quantitative estimate of drug-likeness (QED) is 0.485. The Labute approximate surface area is 140 Å². The lowest BCUT2D eigenvalue weighted by Crippen LogP contribution is -2.07. The number of aromatic nitrogens is 2. The number of methoxy groups -OCH3 is 1. The van der Waals surface area contributed by atoms with E-state index < -0.39 is 0 Å². The third-order valence-electron chi connectivity index (χ3n) is 3.69. The lowest BCUT2D eigenvalue weighted by molar-refractivity contribution is 0.112. The average Bonchev–Trinajstić information content (AvgIpc) is 2.97. The zero-order valence-electron chi connectivity index (χ0n) is 13.4. The molecule has 0 saturated carbocycles. The summed E-state index contributed by atoms with van der Waals surface area (Å²) in [7, 11) is 1.67. The van der Waals surface area contributed by atoms with Crippen LogP contribution in [-0.2, 0) is 17.9 Å². The molecule has 3 rings (SSSR count). The van der Waals surface area contributed by atoms with Crippen molar-refractivity contribution in [3.63, 3.8) is 0 Å². The lowest BCUT2D eigenvalue weighted by atomic mass is 10.2. The van der Waals surface area contributed by atoms with E-state index in [-0.39, 0.29) is 0 Å². The van der Waals surface area contributed by atoms with Gasteiger partial charge in [-0.3, -0.25) is 0 Å². The van der Waals surface area contributed by atoms with E-state index in [4.69, 9.17) is 9.47 Å². The lowest BCUT2D eigenvalue weighted by Gasteiger charge is -2.09. The van der Waals surface area contributed by atoms with Gasteiger partial charge in [-0.2, -0.15) is 0 Å². The molecule has 0 aliphatic rings. The van der Waals surface area contributed by atoms with Crippen molar-refractivity contribution in [1.29, 1.82) is 0 Å². The van der Waals surface area contributed by atoms with Crippen molar-refractivity contribution in [2.24, 2.45) is 0 Å². The van der Waals surface area contributed by atoms with Crippen LogP contribution in [0.4, 0.5) is 0 Å². The number of nitrogens with zero attached hydrogens (tertiary/aromatic N) is 2. The molecule has 0 amide bonds. The van der Waals surface area contributed by atoms with E-state index in [2.05, 4.69) is 21.9 Å². The second-order valence-corrected chi connectivity index (χ2v) is 5.91. The number of fused-ring (bicyclic) bond motifs is 1. The maximum atomic E-state index is 5.82. The summed E-state index contributed by atoms with van der Waals surface area (Å²) >= 11 is 1.66. The molecule has 1 heterocycles. The first-order valence-corrected chi connectivity index (χ1v) is 8.74. The summed E-state index contributed by atoms with van der Waals surface area (Å²) in [5.41, 5.74) is 3.34. The third kappa shape index (κ3) is 3.68. The van der Waals surface area contributed by atoms with Crippen molar-refractivity contribution in [2.75, 3.05) is 20.0 Å². The van der Waals surface area contributed by atoms with Crippen molar-refractivity contribution in [3.05, 3.63) is 54.1 Å². The molecule has 0 aliphatic heterocycles. The SMILES string of the molecule is COc1ccc(COCCn2c(SC)nc3ccccc32)cc1. The van der Waals surface area contributed by atoms with Crippen molar-refractivity contribution in [1.82, 2.24) is 9.55 Å². The van der Waals surface area contributed by atoms with Crippen LogP contribution in [0.25, 0.3) is 11.0 Å². The molecule has 0 atom stereocenters. The summed E-state index contributed by atoms with van der Waals surface area (Å²) in [6.45, 7) is 2.05. The minimum absolute atomic E-state index is 0.602. The number of rotatable bonds is 7. The third-order valence-corrected chi connectivity index (χ3v) is 4.37. The van der Waals surface area contributed by atoms with Crippen molar-refractivity contribution in [2.45, 2.75) is 18.3 Å². The average molecular weight is 328 g/mol. The van der Waals surface area contributed by atoms with E-state index in [0.717, 1.165) is 34.0 Å². The molecule has 0 fully saturated rings. The molecule has 23 heavy (non-hydrogen) atoms. The summed E-state index contributed by atoms with van der Waals surface area (Å²) in [5.74, 6) is 0.864. The molecule has 0 saturated heterocycles. The van der Waals surface area contributed by atoms with Gasteiger partial charge in [0.15, 0.2) is 5.16 Å². The Morgan fingerprint density at radius 2 is 1.87 bits per heavy atom. The van der Waals surface area contributed by atoms with Gasteiger partial charge in [0.05, 0.1) is 31.4 Å². The summed E-state index contributed by atoms with van der Waals surface area (Å²) in [5, 5.41) is 1.03. The number of imidazole rings is 1. The minimum atomic E-state index is 0.602. The Bertz CT molecular complexity index is 768. The Kier molecular flexibility index (Phi) is 5.20. The van der Waals surface area contributed by atoms with E-state index in [9.17, 15) is 0 Å². The number of para-hydroxylation sites is 2. The van der Waals surface area contributed by atoms with Crippen LogP contribution in [0.2, 0.25) is 0 Å². The highest BCUT2D eigenvalue weighted by molar-refractivity contribution is 7.98. The first kappa shape index (κ1) is 15.9. The fraction of sp³-hybridized carbons (Fsp3) is 0.278. The van der Waals surface area contributed by atoms with Gasteiger partial charge in [0.25, 0.3) is 0 Å². The molecule has 2 aromatic carbocycles. The molecule has 0 spiro atoms. The van der Waals surface area contributed by atoms with Crippen LogP contribution in [0.15, 0.2) is 53.7 Å². The molecule has 0 radical (unpaired) electrons. The van der Waals surface area contributed by atoms with Crippen LogP contribution in [0, 0.1) is 0 Å². The van der Waals surface area contributed by atoms with Crippen LogP contribution in [0.5, 0.6) is 5.75 Å². The van der Waals surface area contributed by atoms with Gasteiger partial charge in [-0.15, -0.1) is 0 Å². The second-order valence-electron chi connectivity index (χ2n) is 5.14. The van der Waals surface area contributed by atoms with Crippen molar-refractivity contribution in [3.8, 4) is 5.75 Å². The normalized spacial score (nSPS) is 11.0. The number of benzene rings is 2. The molecular formula is C18H20N2O2S.